The number of piperidine rings is 1. The first-order valence-corrected chi connectivity index (χ1v) is 9.25. The van der Waals surface area contributed by atoms with E-state index in [4.69, 9.17) is 23.2 Å². The number of halogens is 3. The molecule has 1 fully saturated rings. The highest BCUT2D eigenvalue weighted by molar-refractivity contribution is 6.42. The van der Waals surface area contributed by atoms with Crippen molar-refractivity contribution < 1.29 is 4.39 Å². The highest BCUT2D eigenvalue weighted by Gasteiger charge is 2.17. The van der Waals surface area contributed by atoms with Crippen LogP contribution < -0.4 is 10.6 Å². The highest BCUT2D eigenvalue weighted by atomic mass is 35.5. The largest absolute Gasteiger partial charge is 0.337 e. The van der Waals surface area contributed by atoms with Gasteiger partial charge < -0.3 is 10.6 Å². The molecule has 1 aliphatic heterocycles. The molecular formula is C19H17Cl2FN4. The predicted molar refractivity (Wildman–Crippen MR) is 104 cm³/mol. The van der Waals surface area contributed by atoms with Gasteiger partial charge in [0.2, 0.25) is 0 Å². The maximum Gasteiger partial charge on any atom is 0.166 e. The minimum Gasteiger partial charge on any atom is -0.337 e. The van der Waals surface area contributed by atoms with Crippen LogP contribution in [-0.2, 0) is 0 Å². The highest BCUT2D eigenvalue weighted by Crippen LogP contribution is 2.33. The Morgan fingerprint density at radius 1 is 1.15 bits per heavy atom. The number of hydrogen-bond acceptors (Lipinski definition) is 4. The number of nitrogens with one attached hydrogen (secondary N) is 2. The van der Waals surface area contributed by atoms with E-state index < -0.39 is 5.82 Å². The summed E-state index contributed by atoms with van der Waals surface area (Å²) in [5.41, 5.74) is 2.26. The van der Waals surface area contributed by atoms with Crippen molar-refractivity contribution in [3.8, 4) is 0 Å². The minimum absolute atomic E-state index is 0.107. The van der Waals surface area contributed by atoms with E-state index in [-0.39, 0.29) is 15.7 Å². The van der Waals surface area contributed by atoms with Gasteiger partial charge in [-0.3, -0.25) is 0 Å². The quantitative estimate of drug-likeness (QED) is 0.596. The van der Waals surface area contributed by atoms with Crippen molar-refractivity contribution in [3.63, 3.8) is 0 Å². The van der Waals surface area contributed by atoms with Gasteiger partial charge in [-0.2, -0.15) is 0 Å². The molecule has 7 heteroatoms. The first-order chi connectivity index (χ1) is 12.6. The summed E-state index contributed by atoms with van der Waals surface area (Å²) in [4.78, 5) is 8.62. The summed E-state index contributed by atoms with van der Waals surface area (Å²) in [5.74, 6) is 0.402. The minimum atomic E-state index is -0.599. The number of anilines is 2. The Morgan fingerprint density at radius 3 is 2.85 bits per heavy atom. The van der Waals surface area contributed by atoms with Crippen molar-refractivity contribution in [2.75, 3.05) is 18.4 Å². The summed E-state index contributed by atoms with van der Waals surface area (Å²) in [6.45, 7) is 2.03. The van der Waals surface area contributed by atoms with Crippen molar-refractivity contribution in [2.24, 2.45) is 0 Å². The molecule has 1 aromatic heterocycles. The normalized spacial score (nSPS) is 17.4. The molecule has 4 rings (SSSR count). The maximum absolute atomic E-state index is 14.4. The van der Waals surface area contributed by atoms with Crippen molar-refractivity contribution in [1.29, 1.82) is 0 Å². The van der Waals surface area contributed by atoms with Crippen molar-refractivity contribution in [3.05, 3.63) is 58.1 Å². The molecule has 1 atom stereocenters. The van der Waals surface area contributed by atoms with Crippen LogP contribution in [0, 0.1) is 5.82 Å². The fourth-order valence-corrected chi connectivity index (χ4v) is 3.62. The van der Waals surface area contributed by atoms with Crippen LogP contribution in [-0.4, -0.2) is 23.1 Å². The fraction of sp³-hybridized carbons (Fsp3) is 0.263. The lowest BCUT2D eigenvalue weighted by Crippen LogP contribution is -2.28. The van der Waals surface area contributed by atoms with Crippen LogP contribution in [0.5, 0.6) is 0 Å². The molecule has 0 radical (unpaired) electrons. The van der Waals surface area contributed by atoms with E-state index in [9.17, 15) is 4.39 Å². The third-order valence-corrected chi connectivity index (χ3v) is 5.50. The van der Waals surface area contributed by atoms with Crippen LogP contribution in [0.15, 0.2) is 36.7 Å². The molecule has 2 N–H and O–H groups in total. The zero-order valence-corrected chi connectivity index (χ0v) is 15.4. The zero-order valence-electron chi connectivity index (χ0n) is 13.9. The Kier molecular flexibility index (Phi) is 4.94. The van der Waals surface area contributed by atoms with Crippen LogP contribution in [0.4, 0.5) is 15.9 Å². The molecule has 134 valence electrons. The van der Waals surface area contributed by atoms with E-state index in [0.29, 0.717) is 11.7 Å². The van der Waals surface area contributed by atoms with E-state index in [0.717, 1.165) is 36.8 Å². The molecule has 1 aliphatic rings. The molecule has 1 unspecified atom stereocenters. The molecule has 3 aromatic rings. The van der Waals surface area contributed by atoms with Crippen LogP contribution in [0.2, 0.25) is 10.0 Å². The molecule has 4 nitrogen and oxygen atoms in total. The molecular weight excluding hydrogens is 374 g/mol. The average molecular weight is 391 g/mol. The lowest BCUT2D eigenvalue weighted by molar-refractivity contribution is 0.462. The molecule has 0 spiro atoms. The summed E-state index contributed by atoms with van der Waals surface area (Å²) in [6, 6.07) is 9.28. The van der Waals surface area contributed by atoms with Crippen LogP contribution in [0.3, 0.4) is 0 Å². The molecule has 2 heterocycles. The summed E-state index contributed by atoms with van der Waals surface area (Å²) in [5, 5.41) is 7.38. The summed E-state index contributed by atoms with van der Waals surface area (Å²) in [6.07, 6.45) is 3.77. The lowest BCUT2D eigenvalue weighted by Gasteiger charge is -2.23. The topological polar surface area (TPSA) is 49.8 Å². The number of aromatic nitrogens is 2. The maximum atomic E-state index is 14.4. The second-order valence-electron chi connectivity index (χ2n) is 6.39. The number of fused-ring (bicyclic) bond motifs is 1. The molecule has 26 heavy (non-hydrogen) atoms. The zero-order chi connectivity index (χ0) is 18.1. The van der Waals surface area contributed by atoms with Gasteiger partial charge in [0.15, 0.2) is 5.82 Å². The Hall–Kier alpha value is -1.95. The number of hydrogen-bond donors (Lipinski definition) is 2. The Labute approximate surface area is 160 Å². The van der Waals surface area contributed by atoms with Crippen LogP contribution in [0.25, 0.3) is 10.9 Å². The van der Waals surface area contributed by atoms with E-state index in [1.165, 1.54) is 11.9 Å². The third kappa shape index (κ3) is 3.34. The standard InChI is InChI=1S/C19H17Cl2FN4/c20-14-4-6-16(18(22)17(14)21)26-19-13-8-11(12-2-1-7-23-9-12)3-5-15(13)24-10-25-19/h3-6,8,10,12,23H,1-2,7,9H2,(H,24,25,26). The number of benzene rings is 2. The van der Waals surface area contributed by atoms with Crippen LogP contribution in [0.1, 0.15) is 24.3 Å². The second kappa shape index (κ2) is 7.35. The summed E-state index contributed by atoms with van der Waals surface area (Å²) < 4.78 is 14.4. The molecule has 1 saturated heterocycles. The van der Waals surface area contributed by atoms with E-state index in [1.54, 1.807) is 12.1 Å². The molecule has 0 amide bonds. The monoisotopic (exact) mass is 390 g/mol. The molecule has 2 aromatic carbocycles. The molecule has 0 aliphatic carbocycles. The molecule has 0 saturated carbocycles. The van der Waals surface area contributed by atoms with Gasteiger partial charge in [0.05, 0.1) is 21.2 Å². The summed E-state index contributed by atoms with van der Waals surface area (Å²) in [7, 11) is 0. The first-order valence-electron chi connectivity index (χ1n) is 8.49. The SMILES string of the molecule is Fc1c(Nc2ncnc3ccc(C4CCCNC4)cc23)ccc(Cl)c1Cl. The second-order valence-corrected chi connectivity index (χ2v) is 7.18. The van der Waals surface area contributed by atoms with E-state index in [1.807, 2.05) is 6.07 Å². The van der Waals surface area contributed by atoms with E-state index in [2.05, 4.69) is 32.7 Å². The summed E-state index contributed by atoms with van der Waals surface area (Å²) >= 11 is 11.8. The van der Waals surface area contributed by atoms with Gasteiger partial charge in [-0.1, -0.05) is 29.3 Å². The van der Waals surface area contributed by atoms with Crippen molar-refractivity contribution >= 4 is 45.6 Å². The van der Waals surface area contributed by atoms with Gasteiger partial charge in [-0.15, -0.1) is 0 Å². The average Bonchev–Trinajstić information content (AvgIpc) is 2.69. The van der Waals surface area contributed by atoms with Gasteiger partial charge in [0.25, 0.3) is 0 Å². The van der Waals surface area contributed by atoms with E-state index >= 15 is 0 Å². The molecule has 0 bridgehead atoms. The van der Waals surface area contributed by atoms with Gasteiger partial charge in [-0.05, 0) is 55.1 Å². The van der Waals surface area contributed by atoms with Gasteiger partial charge in [-0.25, -0.2) is 14.4 Å². The van der Waals surface area contributed by atoms with Crippen molar-refractivity contribution in [1.82, 2.24) is 15.3 Å². The Balaban J connectivity index is 1.74. The Morgan fingerprint density at radius 2 is 2.04 bits per heavy atom. The first kappa shape index (κ1) is 17.5. The Bertz CT molecular complexity index is 958. The fourth-order valence-electron chi connectivity index (χ4n) is 3.31. The number of nitrogens with zero attached hydrogens (tertiary/aromatic N) is 2. The third-order valence-electron chi connectivity index (χ3n) is 4.72. The lowest BCUT2D eigenvalue weighted by atomic mass is 9.91. The van der Waals surface area contributed by atoms with Gasteiger partial charge >= 0.3 is 0 Å². The smallest absolute Gasteiger partial charge is 0.166 e. The predicted octanol–water partition coefficient (Wildman–Crippen LogP) is 5.29. The van der Waals surface area contributed by atoms with Crippen molar-refractivity contribution in [2.45, 2.75) is 18.8 Å². The van der Waals surface area contributed by atoms with Gasteiger partial charge in [0.1, 0.15) is 12.1 Å². The van der Waals surface area contributed by atoms with Gasteiger partial charge in [0, 0.05) is 11.9 Å². The number of rotatable bonds is 3. The van der Waals surface area contributed by atoms with Crippen LogP contribution >= 0.6 is 23.2 Å².